The number of allylic oxidation sites excluding steroid dienone is 1. The number of carbonyl (C=O) groups is 1. The number of amides is 1. The molecule has 1 fully saturated rings. The zero-order valence-electron chi connectivity index (χ0n) is 12.7. The fraction of sp³-hybridized carbons (Fsp3) is 0.263. The number of aromatic nitrogens is 1. The van der Waals surface area contributed by atoms with Gasteiger partial charge in [-0.2, -0.15) is 0 Å². The average Bonchev–Trinajstić information content (AvgIpc) is 3.39. The summed E-state index contributed by atoms with van der Waals surface area (Å²) >= 11 is 0. The zero-order chi connectivity index (χ0) is 15.4. The fourth-order valence-corrected chi connectivity index (χ4v) is 2.61. The van der Waals surface area contributed by atoms with Crippen molar-refractivity contribution in [1.29, 1.82) is 0 Å². The van der Waals surface area contributed by atoms with Gasteiger partial charge in [-0.05, 0) is 48.9 Å². The summed E-state index contributed by atoms with van der Waals surface area (Å²) in [6.45, 7) is 2.04. The summed E-state index contributed by atoms with van der Waals surface area (Å²) in [4.78, 5) is 16.4. The lowest BCUT2D eigenvalue weighted by molar-refractivity contribution is -0.117. The van der Waals surface area contributed by atoms with Crippen LogP contribution >= 0.6 is 0 Å². The Balaban J connectivity index is 1.83. The molecule has 0 aliphatic heterocycles. The van der Waals surface area contributed by atoms with E-state index in [0.717, 1.165) is 11.1 Å². The Hall–Kier alpha value is -2.42. The quantitative estimate of drug-likeness (QED) is 0.855. The minimum atomic E-state index is -0.153. The van der Waals surface area contributed by atoms with Crippen molar-refractivity contribution in [3.05, 3.63) is 77.6 Å². The molecule has 2 aromatic rings. The fourth-order valence-electron chi connectivity index (χ4n) is 2.61. The molecule has 0 bridgehead atoms. The zero-order valence-corrected chi connectivity index (χ0v) is 12.7. The molecule has 0 unspecified atom stereocenters. The summed E-state index contributed by atoms with van der Waals surface area (Å²) in [7, 11) is 0. The standard InChI is InChI=1S/C19H20N2O/c1-14(15-7-8-15)13-18(22)21-19(16-5-3-2-4-6-16)17-9-11-20-12-10-17/h2-6,9-13,15,19H,7-8H2,1H3,(H,21,22)/b14-13+/t19-/m0/s1. The number of hydrogen-bond acceptors (Lipinski definition) is 2. The topological polar surface area (TPSA) is 42.0 Å². The molecule has 1 heterocycles. The lowest BCUT2D eigenvalue weighted by atomic mass is 9.99. The predicted octanol–water partition coefficient (Wildman–Crippen LogP) is 3.64. The first-order valence-electron chi connectivity index (χ1n) is 7.67. The molecule has 22 heavy (non-hydrogen) atoms. The molecule has 1 amide bonds. The number of benzene rings is 1. The maximum absolute atomic E-state index is 12.3. The van der Waals surface area contributed by atoms with Crippen LogP contribution in [0.4, 0.5) is 0 Å². The van der Waals surface area contributed by atoms with Gasteiger partial charge in [-0.25, -0.2) is 0 Å². The van der Waals surface area contributed by atoms with E-state index in [0.29, 0.717) is 5.92 Å². The van der Waals surface area contributed by atoms with Crippen LogP contribution in [0.3, 0.4) is 0 Å². The Bertz CT molecular complexity index is 621. The number of nitrogens with one attached hydrogen (secondary N) is 1. The van der Waals surface area contributed by atoms with Crippen molar-refractivity contribution in [3.63, 3.8) is 0 Å². The van der Waals surface area contributed by atoms with Crippen molar-refractivity contribution in [2.75, 3.05) is 0 Å². The van der Waals surface area contributed by atoms with Gasteiger partial charge < -0.3 is 5.32 Å². The van der Waals surface area contributed by atoms with Crippen molar-refractivity contribution in [1.82, 2.24) is 10.3 Å². The molecule has 1 atom stereocenters. The molecule has 3 heteroatoms. The molecule has 0 radical (unpaired) electrons. The van der Waals surface area contributed by atoms with Crippen LogP contribution in [0, 0.1) is 5.92 Å². The van der Waals surface area contributed by atoms with Crippen LogP contribution < -0.4 is 5.32 Å². The molecule has 1 aromatic carbocycles. The Kier molecular flexibility index (Phi) is 4.33. The van der Waals surface area contributed by atoms with Crippen LogP contribution in [0.25, 0.3) is 0 Å². The summed E-state index contributed by atoms with van der Waals surface area (Å²) in [6, 6.07) is 13.7. The van der Waals surface area contributed by atoms with Crippen LogP contribution in [-0.2, 0) is 4.79 Å². The third-order valence-electron chi connectivity index (χ3n) is 4.04. The van der Waals surface area contributed by atoms with E-state index in [2.05, 4.69) is 10.3 Å². The third kappa shape index (κ3) is 3.61. The Morgan fingerprint density at radius 1 is 1.14 bits per heavy atom. The molecule has 1 aliphatic carbocycles. The molecule has 0 spiro atoms. The van der Waals surface area contributed by atoms with Gasteiger partial charge in [-0.1, -0.05) is 35.9 Å². The highest BCUT2D eigenvalue weighted by Gasteiger charge is 2.24. The third-order valence-corrected chi connectivity index (χ3v) is 4.04. The van der Waals surface area contributed by atoms with Gasteiger partial charge in [-0.15, -0.1) is 0 Å². The number of carbonyl (C=O) groups excluding carboxylic acids is 1. The normalized spacial score (nSPS) is 16.1. The molecule has 1 N–H and O–H groups in total. The first kappa shape index (κ1) is 14.5. The monoisotopic (exact) mass is 292 g/mol. The van der Waals surface area contributed by atoms with E-state index in [1.54, 1.807) is 18.5 Å². The lowest BCUT2D eigenvalue weighted by Gasteiger charge is -2.19. The number of rotatable bonds is 5. The number of nitrogens with zero attached hydrogens (tertiary/aromatic N) is 1. The molecular formula is C19H20N2O. The van der Waals surface area contributed by atoms with Crippen molar-refractivity contribution in [2.24, 2.45) is 5.92 Å². The van der Waals surface area contributed by atoms with Gasteiger partial charge in [0.25, 0.3) is 0 Å². The first-order chi connectivity index (χ1) is 10.7. The van der Waals surface area contributed by atoms with Gasteiger partial charge in [-0.3, -0.25) is 9.78 Å². The van der Waals surface area contributed by atoms with E-state index >= 15 is 0 Å². The molecule has 112 valence electrons. The first-order valence-corrected chi connectivity index (χ1v) is 7.67. The van der Waals surface area contributed by atoms with Gasteiger partial charge in [0.1, 0.15) is 0 Å². The maximum Gasteiger partial charge on any atom is 0.244 e. The molecule has 1 aromatic heterocycles. The Morgan fingerprint density at radius 3 is 2.41 bits per heavy atom. The predicted molar refractivity (Wildman–Crippen MR) is 87.1 cm³/mol. The van der Waals surface area contributed by atoms with E-state index in [9.17, 15) is 4.79 Å². The maximum atomic E-state index is 12.3. The molecule has 3 nitrogen and oxygen atoms in total. The van der Waals surface area contributed by atoms with Crippen LogP contribution in [0.1, 0.15) is 36.9 Å². The van der Waals surface area contributed by atoms with Crippen LogP contribution in [-0.4, -0.2) is 10.9 Å². The molecule has 1 aliphatic rings. The van der Waals surface area contributed by atoms with E-state index in [1.807, 2.05) is 49.4 Å². The van der Waals surface area contributed by atoms with E-state index < -0.39 is 0 Å². The van der Waals surface area contributed by atoms with Crippen LogP contribution in [0.15, 0.2) is 66.5 Å². The van der Waals surface area contributed by atoms with Crippen LogP contribution in [0.2, 0.25) is 0 Å². The average molecular weight is 292 g/mol. The highest BCUT2D eigenvalue weighted by atomic mass is 16.1. The minimum absolute atomic E-state index is 0.0323. The van der Waals surface area contributed by atoms with Crippen molar-refractivity contribution < 1.29 is 4.79 Å². The van der Waals surface area contributed by atoms with Crippen molar-refractivity contribution >= 4 is 5.91 Å². The van der Waals surface area contributed by atoms with Gasteiger partial charge in [0, 0.05) is 18.5 Å². The molecule has 0 saturated heterocycles. The second-order valence-electron chi connectivity index (χ2n) is 5.80. The second kappa shape index (κ2) is 6.56. The SMILES string of the molecule is C/C(=C\C(=O)N[C@@H](c1ccccc1)c1ccncc1)C1CC1. The lowest BCUT2D eigenvalue weighted by Crippen LogP contribution is -2.28. The number of hydrogen-bond donors (Lipinski definition) is 1. The molecular weight excluding hydrogens is 272 g/mol. The van der Waals surface area contributed by atoms with Gasteiger partial charge in [0.15, 0.2) is 0 Å². The smallest absolute Gasteiger partial charge is 0.244 e. The van der Waals surface area contributed by atoms with Gasteiger partial charge in [0.2, 0.25) is 5.91 Å². The second-order valence-corrected chi connectivity index (χ2v) is 5.80. The summed E-state index contributed by atoms with van der Waals surface area (Å²) in [5.41, 5.74) is 3.28. The number of pyridine rings is 1. The van der Waals surface area contributed by atoms with Gasteiger partial charge >= 0.3 is 0 Å². The largest absolute Gasteiger partial charge is 0.342 e. The summed E-state index contributed by atoms with van der Waals surface area (Å²) in [5, 5.41) is 3.12. The minimum Gasteiger partial charge on any atom is -0.342 e. The van der Waals surface area contributed by atoms with Crippen molar-refractivity contribution in [3.8, 4) is 0 Å². The van der Waals surface area contributed by atoms with Crippen LogP contribution in [0.5, 0.6) is 0 Å². The van der Waals surface area contributed by atoms with E-state index in [1.165, 1.54) is 18.4 Å². The summed E-state index contributed by atoms with van der Waals surface area (Å²) < 4.78 is 0. The van der Waals surface area contributed by atoms with E-state index in [-0.39, 0.29) is 11.9 Å². The highest BCUT2D eigenvalue weighted by Crippen LogP contribution is 2.35. The highest BCUT2D eigenvalue weighted by molar-refractivity contribution is 5.89. The summed E-state index contributed by atoms with van der Waals surface area (Å²) in [5.74, 6) is 0.580. The molecule has 3 rings (SSSR count). The van der Waals surface area contributed by atoms with E-state index in [4.69, 9.17) is 0 Å². The Morgan fingerprint density at radius 2 is 1.77 bits per heavy atom. The summed E-state index contributed by atoms with van der Waals surface area (Å²) in [6.07, 6.45) is 7.67. The molecule has 1 saturated carbocycles. The van der Waals surface area contributed by atoms with Gasteiger partial charge in [0.05, 0.1) is 6.04 Å². The Labute approximate surface area is 131 Å². The van der Waals surface area contributed by atoms with Crippen molar-refractivity contribution in [2.45, 2.75) is 25.8 Å².